The number of halogens is 2. The van der Waals surface area contributed by atoms with Gasteiger partial charge in [0.2, 0.25) is 0 Å². The molecule has 0 spiro atoms. The van der Waals surface area contributed by atoms with Crippen LogP contribution in [0.1, 0.15) is 35.2 Å². The van der Waals surface area contributed by atoms with Gasteiger partial charge in [0.15, 0.2) is 11.6 Å². The van der Waals surface area contributed by atoms with Gasteiger partial charge in [-0.25, -0.2) is 8.78 Å². The molecule has 1 N–H and O–H groups in total. The lowest BCUT2D eigenvalue weighted by atomic mass is 9.93. The predicted molar refractivity (Wildman–Crippen MR) is 125 cm³/mol. The summed E-state index contributed by atoms with van der Waals surface area (Å²) in [7, 11) is 0. The van der Waals surface area contributed by atoms with Crippen molar-refractivity contribution in [1.82, 2.24) is 0 Å². The summed E-state index contributed by atoms with van der Waals surface area (Å²) in [4.78, 5) is 27.5. The first-order valence-corrected chi connectivity index (χ1v) is 10.8. The maximum absolute atomic E-state index is 14.1. The molecule has 7 heteroatoms. The second-order valence-corrected chi connectivity index (χ2v) is 8.09. The van der Waals surface area contributed by atoms with Gasteiger partial charge in [-0.05, 0) is 62.2 Å². The molecule has 1 unspecified atom stereocenters. The molecule has 0 bridgehead atoms. The molecule has 0 aromatic heterocycles. The maximum atomic E-state index is 14.1. The molecule has 174 valence electrons. The van der Waals surface area contributed by atoms with E-state index in [1.54, 1.807) is 43.3 Å². The zero-order valence-electron chi connectivity index (χ0n) is 18.9. The van der Waals surface area contributed by atoms with E-state index in [9.17, 15) is 23.5 Å². The summed E-state index contributed by atoms with van der Waals surface area (Å²) in [6.45, 7) is 5.85. The molecule has 0 saturated carbocycles. The summed E-state index contributed by atoms with van der Waals surface area (Å²) in [5, 5.41) is 11.3. The average molecular weight is 463 g/mol. The number of rotatable bonds is 5. The van der Waals surface area contributed by atoms with E-state index in [1.165, 1.54) is 6.07 Å². The number of aryl methyl sites for hydroxylation is 2. The Morgan fingerprint density at radius 3 is 2.47 bits per heavy atom. The molecule has 3 aromatic carbocycles. The zero-order valence-corrected chi connectivity index (χ0v) is 18.9. The largest absolute Gasteiger partial charge is 0.507 e. The molecule has 0 aliphatic carbocycles. The number of anilines is 1. The number of amides is 1. The van der Waals surface area contributed by atoms with Gasteiger partial charge in [-0.15, -0.1) is 0 Å². The summed E-state index contributed by atoms with van der Waals surface area (Å²) in [5.74, 6) is -3.94. The summed E-state index contributed by atoms with van der Waals surface area (Å²) in [6.07, 6.45) is 0. The Kier molecular flexibility index (Phi) is 6.20. The standard InChI is InChI=1S/C27H23F2NO4/c1-4-34-19-7-5-6-17(13-19)24-23(25(31)20-12-15(2)8-9-16(20)3)26(32)27(33)30(24)18-10-11-21(28)22(29)14-18/h5-14,24,31H,4H2,1-3H3/b25-23+. The summed E-state index contributed by atoms with van der Waals surface area (Å²) >= 11 is 0. The minimum atomic E-state index is -1.16. The lowest BCUT2D eigenvalue weighted by Crippen LogP contribution is -2.29. The summed E-state index contributed by atoms with van der Waals surface area (Å²) in [5.41, 5.74) is 2.31. The molecule has 1 aliphatic rings. The van der Waals surface area contributed by atoms with Crippen molar-refractivity contribution in [2.45, 2.75) is 26.8 Å². The van der Waals surface area contributed by atoms with Gasteiger partial charge in [0.1, 0.15) is 11.5 Å². The number of carbonyl (C=O) groups is 2. The molecule has 1 atom stereocenters. The van der Waals surface area contributed by atoms with Gasteiger partial charge in [0.25, 0.3) is 11.7 Å². The number of ether oxygens (including phenoxy) is 1. The smallest absolute Gasteiger partial charge is 0.300 e. The van der Waals surface area contributed by atoms with E-state index < -0.39 is 29.4 Å². The van der Waals surface area contributed by atoms with Gasteiger partial charge in [-0.2, -0.15) is 0 Å². The van der Waals surface area contributed by atoms with Crippen LogP contribution in [0.25, 0.3) is 5.76 Å². The fraction of sp³-hybridized carbons (Fsp3) is 0.185. The molecule has 1 heterocycles. The maximum Gasteiger partial charge on any atom is 0.300 e. The van der Waals surface area contributed by atoms with Crippen LogP contribution < -0.4 is 9.64 Å². The van der Waals surface area contributed by atoms with Crippen molar-refractivity contribution < 1.29 is 28.2 Å². The predicted octanol–water partition coefficient (Wildman–Crippen LogP) is 5.61. The monoisotopic (exact) mass is 463 g/mol. The number of aliphatic hydroxyl groups is 1. The van der Waals surface area contributed by atoms with Gasteiger partial charge in [0, 0.05) is 17.3 Å². The molecule has 5 nitrogen and oxygen atoms in total. The molecule has 1 saturated heterocycles. The number of hydrogen-bond donors (Lipinski definition) is 1. The minimum Gasteiger partial charge on any atom is -0.507 e. The number of nitrogens with zero attached hydrogens (tertiary/aromatic N) is 1. The van der Waals surface area contributed by atoms with Crippen molar-refractivity contribution in [3.05, 3.63) is 100 Å². The molecule has 0 radical (unpaired) electrons. The average Bonchev–Trinajstić information content (AvgIpc) is 3.08. The first kappa shape index (κ1) is 23.2. The van der Waals surface area contributed by atoms with E-state index in [1.807, 2.05) is 19.9 Å². The van der Waals surface area contributed by atoms with Crippen LogP contribution in [0, 0.1) is 25.5 Å². The lowest BCUT2D eigenvalue weighted by Gasteiger charge is -2.26. The van der Waals surface area contributed by atoms with E-state index in [4.69, 9.17) is 4.74 Å². The Morgan fingerprint density at radius 1 is 1.00 bits per heavy atom. The number of aliphatic hydroxyl groups excluding tert-OH is 1. The highest BCUT2D eigenvalue weighted by atomic mass is 19.2. The quantitative estimate of drug-likeness (QED) is 0.304. The van der Waals surface area contributed by atoms with E-state index in [2.05, 4.69) is 0 Å². The van der Waals surface area contributed by atoms with Crippen LogP contribution >= 0.6 is 0 Å². The van der Waals surface area contributed by atoms with Crippen LogP contribution in [0.5, 0.6) is 5.75 Å². The van der Waals surface area contributed by atoms with Crippen molar-refractivity contribution in [1.29, 1.82) is 0 Å². The highest BCUT2D eigenvalue weighted by Crippen LogP contribution is 2.43. The van der Waals surface area contributed by atoms with Crippen LogP contribution in [-0.2, 0) is 9.59 Å². The second-order valence-electron chi connectivity index (χ2n) is 8.09. The number of carbonyl (C=O) groups excluding carboxylic acids is 2. The summed E-state index contributed by atoms with van der Waals surface area (Å²) in [6, 6.07) is 14.1. The Bertz CT molecular complexity index is 1330. The Hall–Kier alpha value is -4.00. The Morgan fingerprint density at radius 2 is 1.76 bits per heavy atom. The molecule has 3 aromatic rings. The van der Waals surface area contributed by atoms with Crippen LogP contribution in [0.2, 0.25) is 0 Å². The zero-order chi connectivity index (χ0) is 24.6. The SMILES string of the molecule is CCOc1cccc(C2/C(=C(\O)c3cc(C)ccc3C)C(=O)C(=O)N2c2ccc(F)c(F)c2)c1. The van der Waals surface area contributed by atoms with E-state index in [0.29, 0.717) is 29.0 Å². The minimum absolute atomic E-state index is 0.00664. The molecule has 4 rings (SSSR count). The Balaban J connectivity index is 1.98. The molecule has 1 fully saturated rings. The molecular weight excluding hydrogens is 440 g/mol. The van der Waals surface area contributed by atoms with Crippen LogP contribution in [0.15, 0.2) is 66.2 Å². The lowest BCUT2D eigenvalue weighted by molar-refractivity contribution is -0.132. The van der Waals surface area contributed by atoms with Crippen LogP contribution in [0.3, 0.4) is 0 Å². The first-order valence-electron chi connectivity index (χ1n) is 10.8. The number of hydrogen-bond acceptors (Lipinski definition) is 4. The van der Waals surface area contributed by atoms with Crippen LogP contribution in [0.4, 0.5) is 14.5 Å². The number of ketones is 1. The fourth-order valence-corrected chi connectivity index (χ4v) is 4.13. The highest BCUT2D eigenvalue weighted by Gasteiger charge is 2.47. The molecule has 34 heavy (non-hydrogen) atoms. The van der Waals surface area contributed by atoms with E-state index in [0.717, 1.165) is 22.6 Å². The van der Waals surface area contributed by atoms with Crippen LogP contribution in [-0.4, -0.2) is 23.4 Å². The van der Waals surface area contributed by atoms with Gasteiger partial charge in [-0.1, -0.05) is 29.8 Å². The van der Waals surface area contributed by atoms with Gasteiger partial charge in [-0.3, -0.25) is 14.5 Å². The third-order valence-electron chi connectivity index (χ3n) is 5.76. The normalized spacial score (nSPS) is 17.3. The van der Waals surface area contributed by atoms with E-state index in [-0.39, 0.29) is 17.0 Å². The van der Waals surface area contributed by atoms with Crippen molar-refractivity contribution in [3.8, 4) is 5.75 Å². The number of benzene rings is 3. The summed E-state index contributed by atoms with van der Waals surface area (Å²) < 4.78 is 33.3. The fourth-order valence-electron chi connectivity index (χ4n) is 4.13. The van der Waals surface area contributed by atoms with Crippen molar-refractivity contribution in [2.75, 3.05) is 11.5 Å². The molecular formula is C27H23F2NO4. The second kappa shape index (κ2) is 9.09. The van der Waals surface area contributed by atoms with Crippen molar-refractivity contribution in [3.63, 3.8) is 0 Å². The first-order chi connectivity index (χ1) is 16.2. The third kappa shape index (κ3) is 4.05. The van der Waals surface area contributed by atoms with E-state index >= 15 is 0 Å². The molecule has 1 aliphatic heterocycles. The number of Topliss-reactive ketones (excluding diaryl/α,β-unsaturated/α-hetero) is 1. The van der Waals surface area contributed by atoms with Gasteiger partial charge >= 0.3 is 0 Å². The highest BCUT2D eigenvalue weighted by molar-refractivity contribution is 6.51. The van der Waals surface area contributed by atoms with Gasteiger partial charge in [0.05, 0.1) is 18.2 Å². The van der Waals surface area contributed by atoms with Crippen molar-refractivity contribution in [2.24, 2.45) is 0 Å². The molecule has 1 amide bonds. The third-order valence-corrected chi connectivity index (χ3v) is 5.76. The topological polar surface area (TPSA) is 66.8 Å². The van der Waals surface area contributed by atoms with Gasteiger partial charge < -0.3 is 9.84 Å². The Labute approximate surface area is 195 Å². The van der Waals surface area contributed by atoms with Crippen molar-refractivity contribution >= 4 is 23.1 Å².